The Balaban J connectivity index is 1.45. The number of aryl methyl sites for hydroxylation is 2. The maximum atomic E-state index is 4.73. The summed E-state index contributed by atoms with van der Waals surface area (Å²) in [7, 11) is 0. The highest BCUT2D eigenvalue weighted by Crippen LogP contribution is 2.22. The summed E-state index contributed by atoms with van der Waals surface area (Å²) in [6, 6.07) is 13.1. The smallest absolute Gasteiger partial charge is 0.174 e. The number of aromatic nitrogens is 4. The van der Waals surface area contributed by atoms with Crippen molar-refractivity contribution in [1.82, 2.24) is 24.6 Å². The molecule has 2 atom stereocenters. The Bertz CT molecular complexity index is 904. The highest BCUT2D eigenvalue weighted by Gasteiger charge is 2.29. The molecule has 140 valence electrons. The average molecular weight is 362 g/mol. The first-order valence-electron chi connectivity index (χ1n) is 9.47. The maximum absolute atomic E-state index is 4.73. The predicted molar refractivity (Wildman–Crippen MR) is 107 cm³/mol. The minimum atomic E-state index is 0.360. The Kier molecular flexibility index (Phi) is 4.90. The summed E-state index contributed by atoms with van der Waals surface area (Å²) in [5, 5.41) is 8.09. The van der Waals surface area contributed by atoms with Crippen LogP contribution in [-0.4, -0.2) is 43.8 Å². The Hall–Kier alpha value is -2.73. The van der Waals surface area contributed by atoms with Crippen LogP contribution < -0.4 is 5.32 Å². The zero-order valence-corrected chi connectivity index (χ0v) is 16.1. The van der Waals surface area contributed by atoms with Crippen LogP contribution in [0.1, 0.15) is 23.9 Å². The second-order valence-electron chi connectivity index (χ2n) is 7.51. The van der Waals surface area contributed by atoms with Crippen LogP contribution in [0.5, 0.6) is 0 Å². The van der Waals surface area contributed by atoms with E-state index in [0.717, 1.165) is 42.7 Å². The highest BCUT2D eigenvalue weighted by atomic mass is 15.3. The van der Waals surface area contributed by atoms with Crippen molar-refractivity contribution < 1.29 is 0 Å². The van der Waals surface area contributed by atoms with Gasteiger partial charge in [-0.25, -0.2) is 9.67 Å². The van der Waals surface area contributed by atoms with Crippen molar-refractivity contribution in [2.24, 2.45) is 5.92 Å². The summed E-state index contributed by atoms with van der Waals surface area (Å²) in [5.74, 6) is 2.10. The van der Waals surface area contributed by atoms with Gasteiger partial charge in [-0.2, -0.15) is 5.10 Å². The van der Waals surface area contributed by atoms with Crippen molar-refractivity contribution in [2.45, 2.75) is 33.4 Å². The molecule has 6 heteroatoms. The van der Waals surface area contributed by atoms with Crippen LogP contribution in [-0.2, 0) is 6.54 Å². The molecule has 0 bridgehead atoms. The van der Waals surface area contributed by atoms with Gasteiger partial charge in [0.25, 0.3) is 0 Å². The summed E-state index contributed by atoms with van der Waals surface area (Å²) >= 11 is 0. The van der Waals surface area contributed by atoms with Crippen LogP contribution in [0, 0.1) is 19.8 Å². The number of likely N-dealkylation sites (tertiary alicyclic amines) is 1. The van der Waals surface area contributed by atoms with Crippen LogP contribution in [0.25, 0.3) is 5.82 Å². The first-order valence-corrected chi connectivity index (χ1v) is 9.47. The molecule has 0 saturated carbocycles. The van der Waals surface area contributed by atoms with E-state index in [1.807, 2.05) is 24.6 Å². The lowest BCUT2D eigenvalue weighted by molar-refractivity contribution is 0.319. The second kappa shape index (κ2) is 7.48. The third-order valence-electron chi connectivity index (χ3n) is 5.12. The molecule has 1 saturated heterocycles. The average Bonchev–Trinajstić information content (AvgIpc) is 3.17. The zero-order valence-electron chi connectivity index (χ0n) is 16.1. The zero-order chi connectivity index (χ0) is 18.8. The van der Waals surface area contributed by atoms with Crippen molar-refractivity contribution in [3.63, 3.8) is 0 Å². The molecule has 0 spiro atoms. The lowest BCUT2D eigenvalue weighted by Gasteiger charge is -2.18. The van der Waals surface area contributed by atoms with E-state index in [9.17, 15) is 0 Å². The van der Waals surface area contributed by atoms with Gasteiger partial charge in [0.1, 0.15) is 5.82 Å². The fourth-order valence-electron chi connectivity index (χ4n) is 3.80. The van der Waals surface area contributed by atoms with Gasteiger partial charge in [-0.1, -0.05) is 37.3 Å². The monoisotopic (exact) mass is 362 g/mol. The number of rotatable bonds is 5. The second-order valence-corrected chi connectivity index (χ2v) is 7.51. The minimum absolute atomic E-state index is 0.360. The maximum Gasteiger partial charge on any atom is 0.174 e. The normalized spacial score (nSPS) is 20.1. The summed E-state index contributed by atoms with van der Waals surface area (Å²) < 4.78 is 1.84. The Labute approximate surface area is 160 Å². The van der Waals surface area contributed by atoms with Gasteiger partial charge in [0.15, 0.2) is 5.82 Å². The summed E-state index contributed by atoms with van der Waals surface area (Å²) in [6.07, 6.45) is 3.55. The van der Waals surface area contributed by atoms with Gasteiger partial charge in [0.05, 0.1) is 18.1 Å². The number of nitrogens with one attached hydrogen (secondary N) is 1. The molecule has 2 aromatic heterocycles. The van der Waals surface area contributed by atoms with Crippen molar-refractivity contribution in [1.29, 1.82) is 0 Å². The van der Waals surface area contributed by atoms with E-state index in [1.54, 1.807) is 12.4 Å². The van der Waals surface area contributed by atoms with Crippen LogP contribution in [0.2, 0.25) is 0 Å². The molecule has 0 amide bonds. The van der Waals surface area contributed by atoms with Gasteiger partial charge in [0.2, 0.25) is 0 Å². The molecule has 27 heavy (non-hydrogen) atoms. The van der Waals surface area contributed by atoms with E-state index in [4.69, 9.17) is 4.98 Å². The van der Waals surface area contributed by atoms with Crippen molar-refractivity contribution in [3.05, 3.63) is 65.7 Å². The SMILES string of the molecule is Cc1cc(C)n(-c2cncc(NC3CN(Cc4ccccc4)CC3C)n2)n1. The van der Waals surface area contributed by atoms with Crippen LogP contribution in [0.4, 0.5) is 5.82 Å². The molecule has 1 aliphatic rings. The number of hydrogen-bond donors (Lipinski definition) is 1. The summed E-state index contributed by atoms with van der Waals surface area (Å²) in [6.45, 7) is 9.38. The fraction of sp³-hybridized carbons (Fsp3) is 0.381. The van der Waals surface area contributed by atoms with Crippen molar-refractivity contribution in [2.75, 3.05) is 18.4 Å². The Morgan fingerprint density at radius 3 is 2.67 bits per heavy atom. The first kappa shape index (κ1) is 17.7. The van der Waals surface area contributed by atoms with E-state index >= 15 is 0 Å². The standard InChI is InChI=1S/C21H26N6/c1-15-12-26(13-18-7-5-4-6-8-18)14-19(15)23-20-10-22-11-21(24-20)27-17(3)9-16(2)25-27/h4-11,15,19H,12-14H2,1-3H3,(H,23,24). The highest BCUT2D eigenvalue weighted by molar-refractivity contribution is 5.38. The van der Waals surface area contributed by atoms with Gasteiger partial charge < -0.3 is 5.32 Å². The molecule has 1 fully saturated rings. The number of hydrogen-bond acceptors (Lipinski definition) is 5. The predicted octanol–water partition coefficient (Wildman–Crippen LogP) is 3.21. The molecule has 6 nitrogen and oxygen atoms in total. The molecule has 3 heterocycles. The Morgan fingerprint density at radius 2 is 1.93 bits per heavy atom. The molecule has 1 aliphatic heterocycles. The number of anilines is 1. The largest absolute Gasteiger partial charge is 0.364 e. The van der Waals surface area contributed by atoms with Crippen molar-refractivity contribution >= 4 is 5.82 Å². The van der Waals surface area contributed by atoms with Crippen molar-refractivity contribution in [3.8, 4) is 5.82 Å². The minimum Gasteiger partial charge on any atom is -0.364 e. The third kappa shape index (κ3) is 4.01. The van der Waals surface area contributed by atoms with E-state index in [0.29, 0.717) is 12.0 Å². The molecule has 0 radical (unpaired) electrons. The molecular weight excluding hydrogens is 336 g/mol. The molecule has 1 aromatic carbocycles. The lowest BCUT2D eigenvalue weighted by atomic mass is 10.1. The topological polar surface area (TPSA) is 58.9 Å². The molecule has 2 unspecified atom stereocenters. The first-order chi connectivity index (χ1) is 13.1. The Morgan fingerprint density at radius 1 is 1.11 bits per heavy atom. The van der Waals surface area contributed by atoms with Crippen LogP contribution in [0.15, 0.2) is 48.8 Å². The number of nitrogens with zero attached hydrogens (tertiary/aromatic N) is 5. The third-order valence-corrected chi connectivity index (χ3v) is 5.12. The molecule has 3 aromatic rings. The number of benzene rings is 1. The lowest BCUT2D eigenvalue weighted by Crippen LogP contribution is -2.28. The molecule has 4 rings (SSSR count). The summed E-state index contributed by atoms with van der Waals surface area (Å²) in [5.41, 5.74) is 3.40. The molecule has 0 aliphatic carbocycles. The molecular formula is C21H26N6. The van der Waals surface area contributed by atoms with Crippen LogP contribution >= 0.6 is 0 Å². The van der Waals surface area contributed by atoms with Crippen LogP contribution in [0.3, 0.4) is 0 Å². The van der Waals surface area contributed by atoms with E-state index in [1.165, 1.54) is 5.56 Å². The fourth-order valence-corrected chi connectivity index (χ4v) is 3.80. The van der Waals surface area contributed by atoms with Gasteiger partial charge in [-0.3, -0.25) is 9.88 Å². The van der Waals surface area contributed by atoms with Gasteiger partial charge in [0, 0.05) is 31.4 Å². The van der Waals surface area contributed by atoms with E-state index in [-0.39, 0.29) is 0 Å². The quantitative estimate of drug-likeness (QED) is 0.755. The summed E-state index contributed by atoms with van der Waals surface area (Å²) in [4.78, 5) is 11.6. The van der Waals surface area contributed by atoms with Gasteiger partial charge in [-0.15, -0.1) is 0 Å². The van der Waals surface area contributed by atoms with Gasteiger partial charge in [-0.05, 0) is 31.4 Å². The van der Waals surface area contributed by atoms with E-state index < -0.39 is 0 Å². The molecule has 1 N–H and O–H groups in total. The van der Waals surface area contributed by atoms with E-state index in [2.05, 4.69) is 57.6 Å². The van der Waals surface area contributed by atoms with Gasteiger partial charge >= 0.3 is 0 Å².